The Morgan fingerprint density at radius 1 is 1.14 bits per heavy atom. The van der Waals surface area contributed by atoms with Crippen molar-refractivity contribution < 1.29 is 21.6 Å². The van der Waals surface area contributed by atoms with Gasteiger partial charge in [-0.15, -0.1) is 0 Å². The second kappa shape index (κ2) is 5.51. The van der Waals surface area contributed by atoms with Gasteiger partial charge in [0.2, 0.25) is 10.0 Å². The molecule has 0 amide bonds. The minimum atomic E-state index is -3.72. The molecule has 1 aliphatic heterocycles. The lowest BCUT2D eigenvalue weighted by Crippen LogP contribution is -2.31. The van der Waals surface area contributed by atoms with Gasteiger partial charge in [0.25, 0.3) is 0 Å². The Labute approximate surface area is 124 Å². The molecule has 6 nitrogen and oxygen atoms in total. The van der Waals surface area contributed by atoms with Crippen LogP contribution in [0.1, 0.15) is 23.7 Å². The van der Waals surface area contributed by atoms with Crippen LogP contribution in [0.15, 0.2) is 29.2 Å². The van der Waals surface area contributed by atoms with E-state index in [-0.39, 0.29) is 23.8 Å². The predicted octanol–water partition coefficient (Wildman–Crippen LogP) is 0.697. The smallest absolute Gasteiger partial charge is 0.243 e. The van der Waals surface area contributed by atoms with Gasteiger partial charge in [-0.2, -0.15) is 4.31 Å². The van der Waals surface area contributed by atoms with Crippen LogP contribution in [0.3, 0.4) is 0 Å². The van der Waals surface area contributed by atoms with Gasteiger partial charge in [0.15, 0.2) is 15.6 Å². The minimum Gasteiger partial charge on any atom is -0.295 e. The molecule has 1 heterocycles. The van der Waals surface area contributed by atoms with E-state index in [1.807, 2.05) is 0 Å². The van der Waals surface area contributed by atoms with Crippen molar-refractivity contribution in [2.75, 3.05) is 19.3 Å². The van der Waals surface area contributed by atoms with Crippen LogP contribution in [0, 0.1) is 0 Å². The number of ketones is 1. The van der Waals surface area contributed by atoms with Crippen molar-refractivity contribution in [3.63, 3.8) is 0 Å². The predicted molar refractivity (Wildman–Crippen MR) is 78.5 cm³/mol. The molecule has 0 aliphatic carbocycles. The summed E-state index contributed by atoms with van der Waals surface area (Å²) in [4.78, 5) is 11.3. The number of hydrogen-bond donors (Lipinski definition) is 0. The Balaban J connectivity index is 2.25. The van der Waals surface area contributed by atoms with Crippen molar-refractivity contribution >= 4 is 25.6 Å². The normalized spacial score (nSPS) is 20.6. The molecule has 1 atom stereocenters. The molecule has 0 N–H and O–H groups in total. The summed E-state index contributed by atoms with van der Waals surface area (Å²) in [6, 6.07) is 5.67. The van der Waals surface area contributed by atoms with E-state index >= 15 is 0 Å². The van der Waals surface area contributed by atoms with Crippen molar-refractivity contribution in [1.82, 2.24) is 4.31 Å². The van der Waals surface area contributed by atoms with Crippen LogP contribution < -0.4 is 0 Å². The summed E-state index contributed by atoms with van der Waals surface area (Å²) in [5, 5.41) is -0.649. The van der Waals surface area contributed by atoms with Crippen LogP contribution in [-0.2, 0) is 19.9 Å². The van der Waals surface area contributed by atoms with Crippen LogP contribution in [0.2, 0.25) is 0 Å². The number of Topliss-reactive ketones (excluding diaryl/α,β-unsaturated/α-hetero) is 1. The zero-order chi connectivity index (χ0) is 15.8. The molecule has 0 spiro atoms. The van der Waals surface area contributed by atoms with E-state index in [1.165, 1.54) is 35.5 Å². The summed E-state index contributed by atoms with van der Waals surface area (Å²) in [5.41, 5.74) is 0.435. The number of sulfone groups is 1. The largest absolute Gasteiger partial charge is 0.295 e. The van der Waals surface area contributed by atoms with Gasteiger partial charge in [-0.25, -0.2) is 16.8 Å². The van der Waals surface area contributed by atoms with E-state index in [0.29, 0.717) is 12.0 Å². The molecule has 1 aromatic rings. The molecule has 0 radical (unpaired) electrons. The van der Waals surface area contributed by atoms with Crippen molar-refractivity contribution in [3.05, 3.63) is 29.8 Å². The monoisotopic (exact) mass is 331 g/mol. The Bertz CT molecular complexity index is 750. The second-order valence-electron chi connectivity index (χ2n) is 5.18. The molecule has 1 aromatic carbocycles. The molecule has 1 saturated heterocycles. The summed E-state index contributed by atoms with van der Waals surface area (Å²) in [6.07, 6.45) is 1.43. The Kier molecular flexibility index (Phi) is 4.23. The highest BCUT2D eigenvalue weighted by Crippen LogP contribution is 2.24. The van der Waals surface area contributed by atoms with Crippen molar-refractivity contribution in [2.45, 2.75) is 23.5 Å². The first-order chi connectivity index (χ1) is 9.62. The van der Waals surface area contributed by atoms with Gasteiger partial charge in [-0.05, 0) is 25.5 Å². The zero-order valence-electron chi connectivity index (χ0n) is 11.8. The van der Waals surface area contributed by atoms with E-state index in [1.54, 1.807) is 0 Å². The third kappa shape index (κ3) is 3.33. The van der Waals surface area contributed by atoms with E-state index in [2.05, 4.69) is 0 Å². The highest BCUT2D eigenvalue weighted by molar-refractivity contribution is 7.91. The lowest BCUT2D eigenvalue weighted by Gasteiger charge is -2.16. The fraction of sp³-hybridized carbons (Fsp3) is 0.462. The van der Waals surface area contributed by atoms with Crippen LogP contribution in [0.4, 0.5) is 0 Å². The Morgan fingerprint density at radius 3 is 2.14 bits per heavy atom. The first-order valence-corrected chi connectivity index (χ1v) is 9.82. The molecule has 116 valence electrons. The molecule has 0 saturated carbocycles. The van der Waals surface area contributed by atoms with E-state index in [9.17, 15) is 21.6 Å². The molecule has 1 unspecified atom stereocenters. The fourth-order valence-electron chi connectivity index (χ4n) is 2.28. The topological polar surface area (TPSA) is 88.6 Å². The maximum atomic E-state index is 12.4. The highest BCUT2D eigenvalue weighted by Gasteiger charge is 2.36. The summed E-state index contributed by atoms with van der Waals surface area (Å²) < 4.78 is 49.1. The van der Waals surface area contributed by atoms with Gasteiger partial charge in [0.05, 0.1) is 10.1 Å². The first-order valence-electron chi connectivity index (χ1n) is 6.42. The molecule has 21 heavy (non-hydrogen) atoms. The lowest BCUT2D eigenvalue weighted by atomic mass is 10.2. The second-order valence-corrected chi connectivity index (χ2v) is 9.45. The third-order valence-corrected chi connectivity index (χ3v) is 7.09. The van der Waals surface area contributed by atoms with Crippen molar-refractivity contribution in [1.29, 1.82) is 0 Å². The Morgan fingerprint density at radius 2 is 1.71 bits per heavy atom. The number of hydrogen-bond acceptors (Lipinski definition) is 5. The molecule has 2 rings (SSSR count). The van der Waals surface area contributed by atoms with E-state index in [0.717, 1.165) is 6.26 Å². The number of sulfonamides is 1. The first kappa shape index (κ1) is 16.1. The van der Waals surface area contributed by atoms with Crippen LogP contribution in [-0.4, -0.2) is 51.5 Å². The zero-order valence-corrected chi connectivity index (χ0v) is 13.4. The summed E-state index contributed by atoms with van der Waals surface area (Å²) in [6.45, 7) is 1.57. The van der Waals surface area contributed by atoms with Gasteiger partial charge < -0.3 is 0 Å². The summed E-state index contributed by atoms with van der Waals surface area (Å²) in [5.74, 6) is -0.141. The molecular formula is C13H17NO5S2. The van der Waals surface area contributed by atoms with Gasteiger partial charge >= 0.3 is 0 Å². The highest BCUT2D eigenvalue weighted by atomic mass is 32.2. The average molecular weight is 331 g/mol. The number of carbonyl (C=O) groups is 1. The quantitative estimate of drug-likeness (QED) is 0.758. The number of carbonyl (C=O) groups excluding carboxylic acids is 1. The summed E-state index contributed by atoms with van der Waals surface area (Å²) >= 11 is 0. The fourth-order valence-corrected chi connectivity index (χ4v) is 4.85. The van der Waals surface area contributed by atoms with Gasteiger partial charge in [-0.1, -0.05) is 12.1 Å². The van der Waals surface area contributed by atoms with E-state index in [4.69, 9.17) is 0 Å². The van der Waals surface area contributed by atoms with Crippen molar-refractivity contribution in [3.8, 4) is 0 Å². The van der Waals surface area contributed by atoms with Gasteiger partial charge in [-0.3, -0.25) is 4.79 Å². The third-order valence-electron chi connectivity index (χ3n) is 3.61. The van der Waals surface area contributed by atoms with Crippen LogP contribution >= 0.6 is 0 Å². The molecule has 0 bridgehead atoms. The van der Waals surface area contributed by atoms with Crippen molar-refractivity contribution in [2.24, 2.45) is 0 Å². The Hall–Kier alpha value is -1.25. The average Bonchev–Trinajstić information content (AvgIpc) is 2.89. The maximum Gasteiger partial charge on any atom is 0.243 e. The number of nitrogens with zero attached hydrogens (tertiary/aromatic N) is 1. The molecular weight excluding hydrogens is 314 g/mol. The molecule has 0 aromatic heterocycles. The lowest BCUT2D eigenvalue weighted by molar-refractivity contribution is 0.101. The minimum absolute atomic E-state index is 0.0182. The SMILES string of the molecule is CC(=O)c1ccc(S(=O)(=O)N2CCC(S(C)(=O)=O)C2)cc1. The van der Waals surface area contributed by atoms with Crippen LogP contribution in [0.5, 0.6) is 0 Å². The number of rotatable bonds is 4. The maximum absolute atomic E-state index is 12.4. The van der Waals surface area contributed by atoms with Gasteiger partial charge in [0, 0.05) is 24.9 Å². The number of benzene rings is 1. The molecule has 8 heteroatoms. The molecule has 1 aliphatic rings. The summed E-state index contributed by atoms with van der Waals surface area (Å²) in [7, 11) is -6.96. The standard InChI is InChI=1S/C13H17NO5S2/c1-10(15)11-3-5-12(6-4-11)21(18,19)14-8-7-13(9-14)20(2,16)17/h3-6,13H,7-9H2,1-2H3. The van der Waals surface area contributed by atoms with Gasteiger partial charge in [0.1, 0.15) is 0 Å². The molecule has 1 fully saturated rings. The van der Waals surface area contributed by atoms with E-state index < -0.39 is 25.1 Å². The van der Waals surface area contributed by atoms with Crippen LogP contribution in [0.25, 0.3) is 0 Å².